The van der Waals surface area contributed by atoms with Crippen LogP contribution in [0.25, 0.3) is 0 Å². The molecular formula is C11H11NO2S. The Morgan fingerprint density at radius 1 is 1.53 bits per heavy atom. The van der Waals surface area contributed by atoms with Crippen molar-refractivity contribution in [2.24, 2.45) is 0 Å². The van der Waals surface area contributed by atoms with Gasteiger partial charge < -0.3 is 9.73 Å². The van der Waals surface area contributed by atoms with Crippen LogP contribution in [-0.2, 0) is 0 Å². The summed E-state index contributed by atoms with van der Waals surface area (Å²) in [4.78, 5) is 12.8. The molecule has 2 aromatic rings. The normalized spacial score (nSPS) is 12.3. The van der Waals surface area contributed by atoms with Crippen LogP contribution in [0.1, 0.15) is 28.2 Å². The standard InChI is InChI=1S/C11H11NO2S/c1-8(10-3-2-6-15-10)12-11(13)9-4-5-14-7-9/h2-8H,1H3,(H,12,13)/t8-/m0/s1. The van der Waals surface area contributed by atoms with Crippen LogP contribution < -0.4 is 5.32 Å². The van der Waals surface area contributed by atoms with Crippen molar-refractivity contribution in [1.82, 2.24) is 5.32 Å². The van der Waals surface area contributed by atoms with Gasteiger partial charge >= 0.3 is 0 Å². The van der Waals surface area contributed by atoms with Crippen LogP contribution in [0.15, 0.2) is 40.5 Å². The molecular weight excluding hydrogens is 210 g/mol. The van der Waals surface area contributed by atoms with Crippen molar-refractivity contribution >= 4 is 17.2 Å². The maximum atomic E-state index is 11.6. The molecule has 1 amide bonds. The van der Waals surface area contributed by atoms with E-state index < -0.39 is 0 Å². The second kappa shape index (κ2) is 4.31. The highest BCUT2D eigenvalue weighted by atomic mass is 32.1. The molecule has 0 aliphatic heterocycles. The predicted octanol–water partition coefficient (Wildman–Crippen LogP) is 2.83. The maximum Gasteiger partial charge on any atom is 0.255 e. The summed E-state index contributed by atoms with van der Waals surface area (Å²) in [5.74, 6) is -0.107. The van der Waals surface area contributed by atoms with Gasteiger partial charge in [-0.05, 0) is 24.4 Å². The number of carbonyl (C=O) groups is 1. The van der Waals surface area contributed by atoms with Gasteiger partial charge in [0.15, 0.2) is 0 Å². The molecule has 0 bridgehead atoms. The second-order valence-electron chi connectivity index (χ2n) is 3.22. The first-order valence-corrected chi connectivity index (χ1v) is 5.52. The molecule has 0 aliphatic carbocycles. The fourth-order valence-corrected chi connectivity index (χ4v) is 2.02. The summed E-state index contributed by atoms with van der Waals surface area (Å²) in [5.41, 5.74) is 0.554. The smallest absolute Gasteiger partial charge is 0.255 e. The zero-order chi connectivity index (χ0) is 10.7. The molecule has 0 fully saturated rings. The minimum atomic E-state index is -0.107. The van der Waals surface area contributed by atoms with Gasteiger partial charge in [0.1, 0.15) is 6.26 Å². The van der Waals surface area contributed by atoms with Crippen LogP contribution in [0.4, 0.5) is 0 Å². The SMILES string of the molecule is C[C@H](NC(=O)c1ccoc1)c1cccs1. The van der Waals surface area contributed by atoms with Gasteiger partial charge in [-0.3, -0.25) is 4.79 Å². The first kappa shape index (κ1) is 9.98. The molecule has 0 unspecified atom stereocenters. The molecule has 0 saturated heterocycles. The van der Waals surface area contributed by atoms with Gasteiger partial charge in [0.05, 0.1) is 17.9 Å². The summed E-state index contributed by atoms with van der Waals surface area (Å²) < 4.78 is 4.85. The fourth-order valence-electron chi connectivity index (χ4n) is 1.28. The number of carbonyl (C=O) groups excluding carboxylic acids is 1. The van der Waals surface area contributed by atoms with Gasteiger partial charge in [0, 0.05) is 4.88 Å². The van der Waals surface area contributed by atoms with E-state index in [1.807, 2.05) is 24.4 Å². The molecule has 0 saturated carbocycles. The highest BCUT2D eigenvalue weighted by molar-refractivity contribution is 7.10. The van der Waals surface area contributed by atoms with Crippen LogP contribution in [0.5, 0.6) is 0 Å². The first-order chi connectivity index (χ1) is 7.27. The molecule has 0 spiro atoms. The molecule has 1 N–H and O–H groups in total. The van der Waals surface area contributed by atoms with E-state index in [9.17, 15) is 4.79 Å². The van der Waals surface area contributed by atoms with Crippen molar-refractivity contribution in [3.05, 3.63) is 46.5 Å². The Labute approximate surface area is 91.7 Å². The van der Waals surface area contributed by atoms with Crippen molar-refractivity contribution in [2.45, 2.75) is 13.0 Å². The van der Waals surface area contributed by atoms with E-state index in [-0.39, 0.29) is 11.9 Å². The number of hydrogen-bond donors (Lipinski definition) is 1. The zero-order valence-corrected chi connectivity index (χ0v) is 9.08. The Morgan fingerprint density at radius 2 is 2.40 bits per heavy atom. The molecule has 0 aliphatic rings. The molecule has 4 heteroatoms. The minimum Gasteiger partial charge on any atom is -0.472 e. The zero-order valence-electron chi connectivity index (χ0n) is 8.27. The number of thiophene rings is 1. The topological polar surface area (TPSA) is 42.2 Å². The van der Waals surface area contributed by atoms with Crippen molar-refractivity contribution in [1.29, 1.82) is 0 Å². The molecule has 2 heterocycles. The molecule has 3 nitrogen and oxygen atoms in total. The quantitative estimate of drug-likeness (QED) is 0.866. The molecule has 78 valence electrons. The summed E-state index contributed by atoms with van der Waals surface area (Å²) in [6.45, 7) is 1.96. The molecule has 0 radical (unpaired) electrons. The largest absolute Gasteiger partial charge is 0.472 e. The van der Waals surface area contributed by atoms with E-state index in [4.69, 9.17) is 4.42 Å². The van der Waals surface area contributed by atoms with E-state index in [0.717, 1.165) is 4.88 Å². The van der Waals surface area contributed by atoms with Crippen LogP contribution >= 0.6 is 11.3 Å². The number of nitrogens with one attached hydrogen (secondary N) is 1. The van der Waals surface area contributed by atoms with Gasteiger partial charge in [0.2, 0.25) is 0 Å². The Morgan fingerprint density at radius 3 is 3.00 bits per heavy atom. The van der Waals surface area contributed by atoms with E-state index >= 15 is 0 Å². The van der Waals surface area contributed by atoms with Gasteiger partial charge in [-0.25, -0.2) is 0 Å². The lowest BCUT2D eigenvalue weighted by Gasteiger charge is -2.10. The van der Waals surface area contributed by atoms with E-state index in [1.54, 1.807) is 17.4 Å². The van der Waals surface area contributed by atoms with Crippen molar-refractivity contribution in [2.75, 3.05) is 0 Å². The Hall–Kier alpha value is -1.55. The summed E-state index contributed by atoms with van der Waals surface area (Å²) in [7, 11) is 0. The minimum absolute atomic E-state index is 0.0346. The van der Waals surface area contributed by atoms with Crippen LogP contribution in [0, 0.1) is 0 Å². The average Bonchev–Trinajstić information content (AvgIpc) is 2.91. The number of hydrogen-bond acceptors (Lipinski definition) is 3. The fraction of sp³-hybridized carbons (Fsp3) is 0.182. The lowest BCUT2D eigenvalue weighted by atomic mass is 10.2. The maximum absolute atomic E-state index is 11.6. The molecule has 2 rings (SSSR count). The van der Waals surface area contributed by atoms with Gasteiger partial charge in [0.25, 0.3) is 5.91 Å². The molecule has 15 heavy (non-hydrogen) atoms. The number of furan rings is 1. The van der Waals surface area contributed by atoms with E-state index in [0.29, 0.717) is 5.56 Å². The second-order valence-corrected chi connectivity index (χ2v) is 4.20. The number of rotatable bonds is 3. The van der Waals surface area contributed by atoms with Crippen LogP contribution in [-0.4, -0.2) is 5.91 Å². The third-order valence-electron chi connectivity index (χ3n) is 2.10. The van der Waals surface area contributed by atoms with Crippen molar-refractivity contribution < 1.29 is 9.21 Å². The predicted molar refractivity (Wildman–Crippen MR) is 58.9 cm³/mol. The van der Waals surface area contributed by atoms with Crippen LogP contribution in [0.3, 0.4) is 0 Å². The summed E-state index contributed by atoms with van der Waals surface area (Å²) >= 11 is 1.63. The van der Waals surface area contributed by atoms with Crippen molar-refractivity contribution in [3.8, 4) is 0 Å². The monoisotopic (exact) mass is 221 g/mol. The molecule has 1 atom stereocenters. The summed E-state index contributed by atoms with van der Waals surface area (Å²) in [6.07, 6.45) is 2.93. The van der Waals surface area contributed by atoms with Gasteiger partial charge in [-0.2, -0.15) is 0 Å². The number of amides is 1. The molecule has 0 aromatic carbocycles. The summed E-state index contributed by atoms with van der Waals surface area (Å²) in [6, 6.07) is 5.66. The van der Waals surface area contributed by atoms with Crippen LogP contribution in [0.2, 0.25) is 0 Å². The Balaban J connectivity index is 2.01. The van der Waals surface area contributed by atoms with E-state index in [2.05, 4.69) is 5.32 Å². The highest BCUT2D eigenvalue weighted by Gasteiger charge is 2.12. The highest BCUT2D eigenvalue weighted by Crippen LogP contribution is 2.18. The molecule has 2 aromatic heterocycles. The Bertz CT molecular complexity index is 419. The third kappa shape index (κ3) is 2.27. The summed E-state index contributed by atoms with van der Waals surface area (Å²) in [5, 5.41) is 4.89. The lowest BCUT2D eigenvalue weighted by molar-refractivity contribution is 0.0940. The van der Waals surface area contributed by atoms with Gasteiger partial charge in [-0.1, -0.05) is 6.07 Å². The average molecular weight is 221 g/mol. The van der Waals surface area contributed by atoms with Crippen molar-refractivity contribution in [3.63, 3.8) is 0 Å². The van der Waals surface area contributed by atoms with E-state index in [1.165, 1.54) is 12.5 Å². The third-order valence-corrected chi connectivity index (χ3v) is 3.16. The Kier molecular flexibility index (Phi) is 2.87. The lowest BCUT2D eigenvalue weighted by Crippen LogP contribution is -2.25. The first-order valence-electron chi connectivity index (χ1n) is 4.64. The van der Waals surface area contributed by atoms with Gasteiger partial charge in [-0.15, -0.1) is 11.3 Å².